The standard InChI is InChI=1S/C17H24N2O8/c1-9(18-17(25)26-8-10-5-3-2-4-6-10)15(24)19-16-14(23)13(22)12(21)11(7-20)27-16/h2-6,9,11-14,16,20-23H,7-8H2,1H3,(H,18,25)(H,19,24). The number of carbonyl (C=O) groups is 2. The van der Waals surface area contributed by atoms with Crippen molar-refractivity contribution in [2.24, 2.45) is 0 Å². The summed E-state index contributed by atoms with van der Waals surface area (Å²) in [6, 6.07) is 7.96. The fourth-order valence-corrected chi connectivity index (χ4v) is 2.49. The summed E-state index contributed by atoms with van der Waals surface area (Å²) < 4.78 is 10.2. The summed E-state index contributed by atoms with van der Waals surface area (Å²) in [5.41, 5.74) is 0.783. The Morgan fingerprint density at radius 3 is 2.44 bits per heavy atom. The molecule has 0 aliphatic carbocycles. The summed E-state index contributed by atoms with van der Waals surface area (Å²) in [6.45, 7) is 0.813. The van der Waals surface area contributed by atoms with Gasteiger partial charge in [0, 0.05) is 0 Å². The Kier molecular flexibility index (Phi) is 7.51. The lowest BCUT2D eigenvalue weighted by molar-refractivity contribution is -0.236. The lowest BCUT2D eigenvalue weighted by atomic mass is 9.98. The van der Waals surface area contributed by atoms with Crippen molar-refractivity contribution in [1.82, 2.24) is 10.6 Å². The molecule has 6 N–H and O–H groups in total. The van der Waals surface area contributed by atoms with Crippen LogP contribution in [0.25, 0.3) is 0 Å². The molecule has 0 bridgehead atoms. The molecule has 1 aliphatic rings. The van der Waals surface area contributed by atoms with Crippen LogP contribution in [-0.4, -0.2) is 75.7 Å². The highest BCUT2D eigenvalue weighted by Crippen LogP contribution is 2.19. The quantitative estimate of drug-likeness (QED) is 0.336. The average Bonchev–Trinajstić information content (AvgIpc) is 2.67. The molecular weight excluding hydrogens is 360 g/mol. The molecule has 6 unspecified atom stereocenters. The van der Waals surface area contributed by atoms with Crippen LogP contribution in [0.15, 0.2) is 30.3 Å². The number of benzene rings is 1. The molecule has 1 aromatic carbocycles. The molecule has 150 valence electrons. The number of alkyl carbamates (subject to hydrolysis) is 1. The normalized spacial score (nSPS) is 28.9. The van der Waals surface area contributed by atoms with Crippen LogP contribution in [0, 0.1) is 0 Å². The van der Waals surface area contributed by atoms with Gasteiger partial charge >= 0.3 is 6.09 Å². The second-order valence-electron chi connectivity index (χ2n) is 6.19. The van der Waals surface area contributed by atoms with E-state index in [0.29, 0.717) is 0 Å². The third kappa shape index (κ3) is 5.62. The van der Waals surface area contributed by atoms with Crippen molar-refractivity contribution < 1.29 is 39.5 Å². The van der Waals surface area contributed by atoms with Crippen molar-refractivity contribution in [3.8, 4) is 0 Å². The van der Waals surface area contributed by atoms with E-state index < -0.39 is 55.3 Å². The van der Waals surface area contributed by atoms with Crippen molar-refractivity contribution in [3.63, 3.8) is 0 Å². The fraction of sp³-hybridized carbons (Fsp3) is 0.529. The van der Waals surface area contributed by atoms with Gasteiger partial charge < -0.3 is 40.5 Å². The van der Waals surface area contributed by atoms with Gasteiger partial charge in [-0.3, -0.25) is 4.79 Å². The lowest BCUT2D eigenvalue weighted by Gasteiger charge is -2.40. The molecule has 27 heavy (non-hydrogen) atoms. The monoisotopic (exact) mass is 384 g/mol. The number of aliphatic hydroxyl groups excluding tert-OH is 4. The van der Waals surface area contributed by atoms with E-state index in [1.54, 1.807) is 24.3 Å². The summed E-state index contributed by atoms with van der Waals surface area (Å²) >= 11 is 0. The summed E-state index contributed by atoms with van der Waals surface area (Å²) in [6.07, 6.45) is -8.06. The first-order valence-corrected chi connectivity index (χ1v) is 8.41. The van der Waals surface area contributed by atoms with Gasteiger partial charge in [0.2, 0.25) is 5.91 Å². The first-order chi connectivity index (χ1) is 12.8. The molecule has 10 heteroatoms. The first-order valence-electron chi connectivity index (χ1n) is 8.41. The van der Waals surface area contributed by atoms with Crippen LogP contribution in [0.4, 0.5) is 4.79 Å². The zero-order chi connectivity index (χ0) is 20.0. The van der Waals surface area contributed by atoms with Gasteiger partial charge in [-0.1, -0.05) is 30.3 Å². The highest BCUT2D eigenvalue weighted by Gasteiger charge is 2.44. The maximum atomic E-state index is 12.2. The third-order valence-corrected chi connectivity index (χ3v) is 4.12. The Morgan fingerprint density at radius 2 is 1.81 bits per heavy atom. The van der Waals surface area contributed by atoms with Crippen LogP contribution >= 0.6 is 0 Å². The maximum Gasteiger partial charge on any atom is 0.408 e. The van der Waals surface area contributed by atoms with Crippen LogP contribution in [-0.2, 0) is 20.9 Å². The molecule has 0 saturated carbocycles. The van der Waals surface area contributed by atoms with Gasteiger partial charge in [-0.05, 0) is 12.5 Å². The van der Waals surface area contributed by atoms with Gasteiger partial charge in [0.15, 0.2) is 6.23 Å². The second kappa shape index (κ2) is 9.62. The number of hydrogen-bond acceptors (Lipinski definition) is 8. The number of ether oxygens (including phenoxy) is 2. The van der Waals surface area contributed by atoms with E-state index in [1.165, 1.54) is 6.92 Å². The predicted molar refractivity (Wildman–Crippen MR) is 91.1 cm³/mol. The third-order valence-electron chi connectivity index (χ3n) is 4.12. The minimum Gasteiger partial charge on any atom is -0.445 e. The number of rotatable bonds is 6. The minimum absolute atomic E-state index is 0.0354. The molecule has 1 fully saturated rings. The Hall–Kier alpha value is -2.24. The van der Waals surface area contributed by atoms with E-state index in [9.17, 15) is 24.9 Å². The Morgan fingerprint density at radius 1 is 1.15 bits per heavy atom. The Labute approximate surface area is 155 Å². The molecule has 1 aliphatic heterocycles. The molecule has 2 amide bonds. The Bertz CT molecular complexity index is 627. The van der Waals surface area contributed by atoms with Gasteiger partial charge in [-0.2, -0.15) is 0 Å². The van der Waals surface area contributed by atoms with Crippen LogP contribution in [0.1, 0.15) is 12.5 Å². The second-order valence-corrected chi connectivity index (χ2v) is 6.19. The van der Waals surface area contributed by atoms with Gasteiger partial charge in [0.25, 0.3) is 0 Å². The predicted octanol–water partition coefficient (Wildman–Crippen LogP) is -1.78. The van der Waals surface area contributed by atoms with Gasteiger partial charge in [0.05, 0.1) is 6.61 Å². The van der Waals surface area contributed by atoms with Crippen molar-refractivity contribution in [3.05, 3.63) is 35.9 Å². The molecule has 0 radical (unpaired) electrons. The van der Waals surface area contributed by atoms with Crippen molar-refractivity contribution in [2.75, 3.05) is 6.61 Å². The topological polar surface area (TPSA) is 158 Å². The average molecular weight is 384 g/mol. The van der Waals surface area contributed by atoms with Gasteiger partial charge in [0.1, 0.15) is 37.1 Å². The molecule has 1 saturated heterocycles. The Balaban J connectivity index is 1.82. The van der Waals surface area contributed by atoms with E-state index in [0.717, 1.165) is 5.56 Å². The molecule has 6 atom stereocenters. The van der Waals surface area contributed by atoms with E-state index >= 15 is 0 Å². The number of amides is 2. The van der Waals surface area contributed by atoms with Crippen LogP contribution in [0.5, 0.6) is 0 Å². The SMILES string of the molecule is CC(NC(=O)OCc1ccccc1)C(=O)NC1OC(CO)C(O)C(O)C1O. The smallest absolute Gasteiger partial charge is 0.408 e. The first kappa shape index (κ1) is 21.1. The highest BCUT2D eigenvalue weighted by atomic mass is 16.6. The van der Waals surface area contributed by atoms with Crippen molar-refractivity contribution in [1.29, 1.82) is 0 Å². The van der Waals surface area contributed by atoms with Crippen molar-refractivity contribution >= 4 is 12.0 Å². The van der Waals surface area contributed by atoms with Crippen LogP contribution < -0.4 is 10.6 Å². The van der Waals surface area contributed by atoms with Gasteiger partial charge in [-0.15, -0.1) is 0 Å². The summed E-state index contributed by atoms with van der Waals surface area (Å²) in [5.74, 6) is -0.712. The van der Waals surface area contributed by atoms with E-state index in [1.807, 2.05) is 6.07 Å². The molecule has 2 rings (SSSR count). The van der Waals surface area contributed by atoms with Gasteiger partial charge in [-0.25, -0.2) is 4.79 Å². The van der Waals surface area contributed by atoms with Crippen LogP contribution in [0.3, 0.4) is 0 Å². The highest BCUT2D eigenvalue weighted by molar-refractivity contribution is 5.85. The summed E-state index contributed by atoms with van der Waals surface area (Å²) in [5, 5.41) is 43.1. The zero-order valence-corrected chi connectivity index (χ0v) is 14.7. The molecule has 0 aromatic heterocycles. The number of hydrogen-bond donors (Lipinski definition) is 6. The maximum absolute atomic E-state index is 12.2. The largest absolute Gasteiger partial charge is 0.445 e. The number of aliphatic hydroxyl groups is 4. The molecular formula is C17H24N2O8. The minimum atomic E-state index is -1.61. The van der Waals surface area contributed by atoms with E-state index in [4.69, 9.17) is 14.6 Å². The van der Waals surface area contributed by atoms with E-state index in [-0.39, 0.29) is 6.61 Å². The number of carbonyl (C=O) groups excluding carboxylic acids is 2. The molecule has 1 heterocycles. The lowest BCUT2D eigenvalue weighted by Crippen LogP contribution is -2.64. The van der Waals surface area contributed by atoms with Crippen molar-refractivity contribution in [2.45, 2.75) is 50.2 Å². The summed E-state index contributed by atoms with van der Waals surface area (Å²) in [4.78, 5) is 24.0. The summed E-state index contributed by atoms with van der Waals surface area (Å²) in [7, 11) is 0. The molecule has 10 nitrogen and oxygen atoms in total. The van der Waals surface area contributed by atoms with Crippen LogP contribution in [0.2, 0.25) is 0 Å². The number of nitrogens with one attached hydrogen (secondary N) is 2. The zero-order valence-electron chi connectivity index (χ0n) is 14.7. The van der Waals surface area contributed by atoms with E-state index in [2.05, 4.69) is 10.6 Å². The fourth-order valence-electron chi connectivity index (χ4n) is 2.49. The molecule has 0 spiro atoms. The molecule has 1 aromatic rings.